The zero-order valence-corrected chi connectivity index (χ0v) is 58.5. The summed E-state index contributed by atoms with van der Waals surface area (Å²) in [4.78, 5) is 14.8. The lowest BCUT2D eigenvalue weighted by molar-refractivity contribution is -0.388. The second kappa shape index (κ2) is 39.2. The van der Waals surface area contributed by atoms with Crippen LogP contribution in [0.2, 0.25) is 0 Å². The zero-order valence-electron chi connectivity index (χ0n) is 58.5. The van der Waals surface area contributed by atoms with Gasteiger partial charge in [0.05, 0.1) is 90.8 Å². The fourth-order valence-corrected chi connectivity index (χ4v) is 12.5. The van der Waals surface area contributed by atoms with Crippen molar-refractivity contribution in [1.29, 1.82) is 0 Å². The first kappa shape index (κ1) is 74.6. The van der Waals surface area contributed by atoms with Crippen LogP contribution < -0.4 is 0 Å². The predicted octanol–water partition coefficient (Wildman–Crippen LogP) is 15.1. The molecule has 6 unspecified atom stereocenters. The molecule has 3 aliphatic rings. The van der Waals surface area contributed by atoms with Gasteiger partial charge in [0.25, 0.3) is 0 Å². The molecule has 0 saturated carbocycles. The lowest BCUT2D eigenvalue weighted by atomic mass is 9.90. The molecule has 101 heavy (non-hydrogen) atoms. The van der Waals surface area contributed by atoms with Gasteiger partial charge in [-0.2, -0.15) is 0 Å². The van der Waals surface area contributed by atoms with Gasteiger partial charge >= 0.3 is 5.97 Å². The molecule has 0 amide bonds. The van der Waals surface area contributed by atoms with Gasteiger partial charge in [-0.1, -0.05) is 256 Å². The van der Waals surface area contributed by atoms with E-state index in [0.717, 1.165) is 44.5 Å². The van der Waals surface area contributed by atoms with E-state index in [-0.39, 0.29) is 66.1 Å². The van der Waals surface area contributed by atoms with E-state index in [4.69, 9.17) is 71.1 Å². The van der Waals surface area contributed by atoms with Gasteiger partial charge in [-0.25, -0.2) is 0 Å². The molecule has 0 bridgehead atoms. The van der Waals surface area contributed by atoms with Crippen LogP contribution in [0, 0.1) is 11.3 Å². The summed E-state index contributed by atoms with van der Waals surface area (Å²) in [6.45, 7) is 13.6. The second-order valence-electron chi connectivity index (χ2n) is 26.9. The molecule has 0 aromatic heterocycles. The number of rotatable bonds is 37. The van der Waals surface area contributed by atoms with Gasteiger partial charge in [0.2, 0.25) is 0 Å². The third-order valence-electron chi connectivity index (χ3n) is 18.0. The number of carbonyl (C=O) groups is 1. The van der Waals surface area contributed by atoms with Crippen molar-refractivity contribution in [3.05, 3.63) is 300 Å². The molecule has 0 spiro atoms. The van der Waals surface area contributed by atoms with Crippen molar-refractivity contribution < 1.29 is 75.8 Å². The Balaban J connectivity index is 0.997. The monoisotopic (exact) mass is 1370 g/mol. The van der Waals surface area contributed by atoms with Crippen LogP contribution in [0.5, 0.6) is 0 Å². The van der Waals surface area contributed by atoms with E-state index in [0.29, 0.717) is 26.1 Å². The zero-order chi connectivity index (χ0) is 69.9. The van der Waals surface area contributed by atoms with Crippen molar-refractivity contribution >= 4 is 5.97 Å². The molecule has 534 valence electrons. The molecular formula is C85H98O16. The number of hydrogen-bond donors (Lipinski definition) is 0. The smallest absolute Gasteiger partial charge is 0.311 e. The van der Waals surface area contributed by atoms with Crippen molar-refractivity contribution in [1.82, 2.24) is 0 Å². The topological polar surface area (TPSA) is 156 Å². The molecule has 8 aromatic rings. The molecule has 16 nitrogen and oxygen atoms in total. The van der Waals surface area contributed by atoms with Gasteiger partial charge in [0.1, 0.15) is 54.9 Å². The fourth-order valence-electron chi connectivity index (χ4n) is 12.5. The molecule has 3 aliphatic heterocycles. The molecule has 15 atom stereocenters. The maximum Gasteiger partial charge on any atom is 0.311 e. The standard InChI is InChI=1S/C85H98O16/c1-6-7-32-49-90-82-79(77(94-56-68-45-28-14-29-46-68)74(92-54-66-41-24-12-25-42-66)70(97-82)58-87-50-62-33-16-8-17-34-62)100-81-61(2)73(91-53-65-39-22-11-23-40-65)76(72(96-81)60-89-52-64-37-20-10-21-38-64)99-83-80(101-84(86)85(3,4)5)78(95-57-69-47-30-15-31-48-69)75(93-55-67-43-26-13-27-44-67)71(98-83)59-88-51-63-35-18-9-19-36-63/h6,8-31,33-48,61,70-83H,1,7,32,49-60H2,2-5H3/t61?,70?,71?,72?,73-,74+,75-,76+,77+,78+,79?,80?,81-,82-,83-/m0/s1. The van der Waals surface area contributed by atoms with Crippen LogP contribution in [0.3, 0.4) is 0 Å². The second-order valence-corrected chi connectivity index (χ2v) is 26.9. The predicted molar refractivity (Wildman–Crippen MR) is 383 cm³/mol. The summed E-state index contributed by atoms with van der Waals surface area (Å²) in [6, 6.07) is 79.6. The average molecular weight is 1380 g/mol. The van der Waals surface area contributed by atoms with Crippen LogP contribution in [0.15, 0.2) is 255 Å². The fraction of sp³-hybridized carbons (Fsp3) is 0.400. The number of allylic oxidation sites excluding steroid dienone is 1. The first-order valence-electron chi connectivity index (χ1n) is 35.4. The van der Waals surface area contributed by atoms with E-state index < -0.39 is 103 Å². The summed E-state index contributed by atoms with van der Waals surface area (Å²) in [6.07, 6.45) is -10.5. The summed E-state index contributed by atoms with van der Waals surface area (Å²) >= 11 is 0. The molecule has 3 heterocycles. The number of hydrogen-bond acceptors (Lipinski definition) is 16. The Morgan fingerprint density at radius 2 is 0.653 bits per heavy atom. The Morgan fingerprint density at radius 1 is 0.356 bits per heavy atom. The molecule has 11 rings (SSSR count). The number of unbranched alkanes of at least 4 members (excludes halogenated alkanes) is 1. The van der Waals surface area contributed by atoms with Crippen molar-refractivity contribution in [2.24, 2.45) is 11.3 Å². The van der Waals surface area contributed by atoms with E-state index >= 15 is 0 Å². The van der Waals surface area contributed by atoms with Gasteiger partial charge in [-0.05, 0) is 78.1 Å². The Bertz CT molecular complexity index is 3600. The van der Waals surface area contributed by atoms with Crippen LogP contribution in [0.4, 0.5) is 0 Å². The molecular weight excluding hydrogens is 1280 g/mol. The highest BCUT2D eigenvalue weighted by Crippen LogP contribution is 2.41. The lowest BCUT2D eigenvalue weighted by Gasteiger charge is -2.51. The van der Waals surface area contributed by atoms with Crippen molar-refractivity contribution in [2.75, 3.05) is 26.4 Å². The first-order chi connectivity index (χ1) is 49.5. The number of ether oxygens (including phenoxy) is 15. The minimum Gasteiger partial charge on any atom is -0.454 e. The Kier molecular flexibility index (Phi) is 28.9. The minimum atomic E-state index is -1.36. The Morgan fingerprint density at radius 3 is 1.01 bits per heavy atom. The third-order valence-corrected chi connectivity index (χ3v) is 18.0. The van der Waals surface area contributed by atoms with Gasteiger partial charge in [0.15, 0.2) is 25.0 Å². The van der Waals surface area contributed by atoms with Crippen LogP contribution in [0.1, 0.15) is 85.0 Å². The van der Waals surface area contributed by atoms with Crippen LogP contribution in [0.25, 0.3) is 0 Å². The molecule has 0 radical (unpaired) electrons. The Hall–Kier alpha value is -7.59. The molecule has 8 aromatic carbocycles. The van der Waals surface area contributed by atoms with Crippen LogP contribution >= 0.6 is 0 Å². The highest BCUT2D eigenvalue weighted by atomic mass is 16.8. The van der Waals surface area contributed by atoms with Crippen LogP contribution in [-0.2, 0) is 129 Å². The summed E-state index contributed by atoms with van der Waals surface area (Å²) in [5.74, 6) is -1.16. The van der Waals surface area contributed by atoms with E-state index in [1.165, 1.54) is 0 Å². The molecule has 0 N–H and O–H groups in total. The number of esters is 1. The lowest BCUT2D eigenvalue weighted by Crippen LogP contribution is -2.66. The summed E-state index contributed by atoms with van der Waals surface area (Å²) < 4.78 is 107. The molecule has 0 aliphatic carbocycles. The average Bonchev–Trinajstić information content (AvgIpc) is 0.769. The van der Waals surface area contributed by atoms with Crippen molar-refractivity contribution in [3.8, 4) is 0 Å². The third kappa shape index (κ3) is 22.5. The highest BCUT2D eigenvalue weighted by molar-refractivity contribution is 5.75. The maximum atomic E-state index is 14.8. The summed E-state index contributed by atoms with van der Waals surface area (Å²) in [7, 11) is 0. The van der Waals surface area contributed by atoms with Crippen molar-refractivity contribution in [3.63, 3.8) is 0 Å². The Labute approximate surface area is 595 Å². The van der Waals surface area contributed by atoms with Gasteiger partial charge in [-0.15, -0.1) is 6.58 Å². The van der Waals surface area contributed by atoms with Gasteiger partial charge < -0.3 is 71.1 Å². The normalized spacial score (nSPS) is 25.3. The highest BCUT2D eigenvalue weighted by Gasteiger charge is 2.57. The largest absolute Gasteiger partial charge is 0.454 e. The number of carbonyl (C=O) groups excluding carboxylic acids is 1. The minimum absolute atomic E-state index is 0.0307. The molecule has 3 fully saturated rings. The first-order valence-corrected chi connectivity index (χ1v) is 35.4. The van der Waals surface area contributed by atoms with Crippen molar-refractivity contribution in [2.45, 2.75) is 179 Å². The SMILES string of the molecule is C=CCCCO[C@H]1OC(COCc2ccccc2)[C@@H](OCc2ccccc2)[C@@H](OCc2ccccc2)C1O[C@@H]1OC(COCc2ccccc2)[C@@H](O[C@@H]2OC(COCc3ccccc3)[C@H](OCc3ccccc3)[C@@H](OCc3ccccc3)C2OC(=O)C(C)(C)C)[C@@H](OCc2ccccc2)C1C. The number of benzene rings is 8. The summed E-state index contributed by atoms with van der Waals surface area (Å²) in [5, 5.41) is 0. The molecule has 16 heteroatoms. The quantitative estimate of drug-likeness (QED) is 0.0206. The van der Waals surface area contributed by atoms with E-state index in [1.54, 1.807) is 0 Å². The van der Waals surface area contributed by atoms with Gasteiger partial charge in [0, 0.05) is 5.92 Å². The van der Waals surface area contributed by atoms with E-state index in [2.05, 4.69) is 6.58 Å². The maximum absolute atomic E-state index is 14.8. The molecule has 3 saturated heterocycles. The van der Waals surface area contributed by atoms with E-state index in [1.807, 2.05) is 276 Å². The van der Waals surface area contributed by atoms with Gasteiger partial charge in [-0.3, -0.25) is 4.79 Å². The summed E-state index contributed by atoms with van der Waals surface area (Å²) in [5.41, 5.74) is 6.56. The van der Waals surface area contributed by atoms with Crippen LogP contribution in [-0.4, -0.2) is 118 Å². The van der Waals surface area contributed by atoms with E-state index in [9.17, 15) is 4.79 Å².